The molecule has 2 rings (SSSR count). The third-order valence-corrected chi connectivity index (χ3v) is 4.26. The Hall–Kier alpha value is -0.770. The van der Waals surface area contributed by atoms with Gasteiger partial charge >= 0.3 is 0 Å². The fourth-order valence-corrected chi connectivity index (χ4v) is 2.99. The van der Waals surface area contributed by atoms with Crippen LogP contribution in [0.25, 0.3) is 0 Å². The molecule has 1 aromatic heterocycles. The van der Waals surface area contributed by atoms with Crippen LogP contribution in [-0.4, -0.2) is 22.3 Å². The van der Waals surface area contributed by atoms with Crippen LogP contribution in [0.5, 0.6) is 0 Å². The average molecular weight is 265 g/mol. The molecule has 0 radical (unpaired) electrons. The van der Waals surface area contributed by atoms with Gasteiger partial charge in [0.1, 0.15) is 11.6 Å². The maximum absolute atomic E-state index is 4.72. The van der Waals surface area contributed by atoms with E-state index >= 15 is 0 Å². The van der Waals surface area contributed by atoms with Crippen molar-refractivity contribution < 1.29 is 0 Å². The maximum Gasteiger partial charge on any atom is 0.140 e. The molecule has 0 saturated carbocycles. The van der Waals surface area contributed by atoms with Gasteiger partial charge in [-0.2, -0.15) is 11.8 Å². The van der Waals surface area contributed by atoms with Crippen molar-refractivity contribution in [1.82, 2.24) is 9.97 Å². The highest BCUT2D eigenvalue weighted by Crippen LogP contribution is 2.27. The number of nitrogens with zero attached hydrogens (tertiary/aromatic N) is 2. The lowest BCUT2D eigenvalue weighted by molar-refractivity contribution is 0.893. The van der Waals surface area contributed by atoms with Gasteiger partial charge in [0.05, 0.1) is 5.75 Å². The van der Waals surface area contributed by atoms with Crippen molar-refractivity contribution in [3.8, 4) is 0 Å². The number of anilines is 1. The smallest absolute Gasteiger partial charge is 0.140 e. The van der Waals surface area contributed by atoms with Gasteiger partial charge in [-0.3, -0.25) is 0 Å². The van der Waals surface area contributed by atoms with Gasteiger partial charge in [0.15, 0.2) is 0 Å². The fourth-order valence-electron chi connectivity index (χ4n) is 2.25. The number of nitrogens with one attached hydrogen (secondary N) is 1. The normalized spacial score (nSPS) is 13.7. The summed E-state index contributed by atoms with van der Waals surface area (Å²) in [6.45, 7) is 5.40. The molecule has 3 nitrogen and oxygen atoms in total. The minimum atomic E-state index is 0.946. The molecule has 1 aliphatic rings. The van der Waals surface area contributed by atoms with E-state index in [1.165, 1.54) is 29.9 Å². The van der Waals surface area contributed by atoms with E-state index in [1.807, 2.05) is 11.8 Å². The van der Waals surface area contributed by atoms with Crippen molar-refractivity contribution in [3.63, 3.8) is 0 Å². The summed E-state index contributed by atoms with van der Waals surface area (Å²) in [6.07, 6.45) is 5.86. The Morgan fingerprint density at radius 3 is 2.83 bits per heavy atom. The summed E-state index contributed by atoms with van der Waals surface area (Å²) in [7, 11) is 0. The van der Waals surface area contributed by atoms with E-state index in [-0.39, 0.29) is 0 Å². The van der Waals surface area contributed by atoms with E-state index in [2.05, 4.69) is 19.2 Å². The summed E-state index contributed by atoms with van der Waals surface area (Å²) < 4.78 is 0. The average Bonchev–Trinajstić information content (AvgIpc) is 2.84. The van der Waals surface area contributed by atoms with Gasteiger partial charge in [0.25, 0.3) is 0 Å². The Bertz CT molecular complexity index is 393. The molecule has 0 spiro atoms. The van der Waals surface area contributed by atoms with Crippen LogP contribution in [0.3, 0.4) is 0 Å². The van der Waals surface area contributed by atoms with Crippen molar-refractivity contribution in [1.29, 1.82) is 0 Å². The lowest BCUT2D eigenvalue weighted by Crippen LogP contribution is -2.09. The molecule has 4 heteroatoms. The molecule has 0 aliphatic heterocycles. The highest BCUT2D eigenvalue weighted by atomic mass is 32.2. The Morgan fingerprint density at radius 1 is 1.17 bits per heavy atom. The van der Waals surface area contributed by atoms with Gasteiger partial charge in [-0.1, -0.05) is 13.8 Å². The van der Waals surface area contributed by atoms with E-state index in [4.69, 9.17) is 9.97 Å². The highest BCUT2D eigenvalue weighted by molar-refractivity contribution is 7.98. The first-order valence-corrected chi connectivity index (χ1v) is 8.20. The molecule has 0 atom stereocenters. The van der Waals surface area contributed by atoms with Gasteiger partial charge in [0, 0.05) is 17.8 Å². The van der Waals surface area contributed by atoms with Gasteiger partial charge in [-0.05, 0) is 37.9 Å². The Labute approximate surface area is 114 Å². The van der Waals surface area contributed by atoms with Crippen LogP contribution in [0, 0.1) is 0 Å². The van der Waals surface area contributed by atoms with E-state index in [9.17, 15) is 0 Å². The van der Waals surface area contributed by atoms with Crippen LogP contribution < -0.4 is 5.32 Å². The number of hydrogen-bond donors (Lipinski definition) is 1. The van der Waals surface area contributed by atoms with Crippen LogP contribution in [0.2, 0.25) is 0 Å². The minimum Gasteiger partial charge on any atom is -0.370 e. The summed E-state index contributed by atoms with van der Waals surface area (Å²) in [4.78, 5) is 9.43. The predicted octanol–water partition coefficient (Wildman–Crippen LogP) is 3.43. The van der Waals surface area contributed by atoms with Crippen molar-refractivity contribution in [3.05, 3.63) is 17.1 Å². The van der Waals surface area contributed by atoms with Crippen molar-refractivity contribution in [2.45, 2.75) is 51.7 Å². The zero-order valence-corrected chi connectivity index (χ0v) is 12.3. The predicted molar refractivity (Wildman–Crippen MR) is 79.3 cm³/mol. The quantitative estimate of drug-likeness (QED) is 0.767. The number of thioether (sulfide) groups is 1. The second kappa shape index (κ2) is 6.98. The number of fused-ring (bicyclic) bond motifs is 1. The number of hydrogen-bond acceptors (Lipinski definition) is 4. The fraction of sp³-hybridized carbons (Fsp3) is 0.714. The maximum atomic E-state index is 4.72. The molecule has 1 heterocycles. The second-order valence-electron chi connectivity index (χ2n) is 4.75. The first-order valence-electron chi connectivity index (χ1n) is 7.05. The summed E-state index contributed by atoms with van der Waals surface area (Å²) in [5.74, 6) is 4.25. The molecule has 0 saturated heterocycles. The van der Waals surface area contributed by atoms with Gasteiger partial charge in [0.2, 0.25) is 0 Å². The molecule has 0 aromatic carbocycles. The monoisotopic (exact) mass is 265 g/mol. The number of aromatic nitrogens is 2. The molecule has 18 heavy (non-hydrogen) atoms. The van der Waals surface area contributed by atoms with Crippen LogP contribution in [0.15, 0.2) is 0 Å². The first kappa shape index (κ1) is 13.7. The van der Waals surface area contributed by atoms with E-state index in [0.29, 0.717) is 0 Å². The Balaban J connectivity index is 2.11. The van der Waals surface area contributed by atoms with Crippen molar-refractivity contribution >= 4 is 17.6 Å². The molecule has 1 aliphatic carbocycles. The van der Waals surface area contributed by atoms with Gasteiger partial charge in [-0.15, -0.1) is 0 Å². The topological polar surface area (TPSA) is 37.8 Å². The Kier molecular flexibility index (Phi) is 5.29. The Morgan fingerprint density at radius 2 is 2.06 bits per heavy atom. The second-order valence-corrected chi connectivity index (χ2v) is 5.85. The SMILES string of the molecule is CCCNc1nc(CSCCC)nc2c1CCC2. The van der Waals surface area contributed by atoms with Crippen molar-refractivity contribution in [2.75, 3.05) is 17.6 Å². The van der Waals surface area contributed by atoms with E-state index in [1.54, 1.807) is 0 Å². The van der Waals surface area contributed by atoms with Crippen LogP contribution >= 0.6 is 11.8 Å². The van der Waals surface area contributed by atoms with Crippen LogP contribution in [0.1, 0.15) is 50.2 Å². The molecule has 0 unspecified atom stereocenters. The third kappa shape index (κ3) is 3.37. The molecule has 0 fully saturated rings. The number of rotatable bonds is 7. The standard InChI is InChI=1S/C14H23N3S/c1-3-8-15-14-11-6-5-7-12(11)16-13(17-14)10-18-9-4-2/h3-10H2,1-2H3,(H,15,16,17). The molecular formula is C14H23N3S. The summed E-state index contributed by atoms with van der Waals surface area (Å²) in [6, 6.07) is 0. The largest absolute Gasteiger partial charge is 0.370 e. The van der Waals surface area contributed by atoms with Crippen molar-refractivity contribution in [2.24, 2.45) is 0 Å². The lowest BCUT2D eigenvalue weighted by Gasteiger charge is -2.11. The number of aryl methyl sites for hydroxylation is 1. The summed E-state index contributed by atoms with van der Waals surface area (Å²) in [5, 5.41) is 3.47. The van der Waals surface area contributed by atoms with E-state index in [0.717, 1.165) is 43.2 Å². The molecule has 1 N–H and O–H groups in total. The third-order valence-electron chi connectivity index (χ3n) is 3.10. The highest BCUT2D eigenvalue weighted by Gasteiger charge is 2.18. The van der Waals surface area contributed by atoms with Crippen LogP contribution in [-0.2, 0) is 18.6 Å². The molecule has 0 amide bonds. The zero-order chi connectivity index (χ0) is 12.8. The zero-order valence-electron chi connectivity index (χ0n) is 11.5. The minimum absolute atomic E-state index is 0.946. The van der Waals surface area contributed by atoms with Crippen LogP contribution in [0.4, 0.5) is 5.82 Å². The lowest BCUT2D eigenvalue weighted by atomic mass is 10.2. The first-order chi connectivity index (χ1) is 8.85. The van der Waals surface area contributed by atoms with Gasteiger partial charge in [-0.25, -0.2) is 9.97 Å². The molecule has 1 aromatic rings. The molecular weight excluding hydrogens is 242 g/mol. The van der Waals surface area contributed by atoms with Gasteiger partial charge < -0.3 is 5.32 Å². The molecule has 0 bridgehead atoms. The summed E-state index contributed by atoms with van der Waals surface area (Å²) in [5.41, 5.74) is 2.66. The molecule has 100 valence electrons. The summed E-state index contributed by atoms with van der Waals surface area (Å²) >= 11 is 1.93. The van der Waals surface area contributed by atoms with E-state index < -0.39 is 0 Å².